The molecular weight excluding hydrogens is 584 g/mol. The van der Waals surface area contributed by atoms with Crippen molar-refractivity contribution in [3.05, 3.63) is 58.7 Å². The second-order valence-electron chi connectivity index (χ2n) is 14.1. The number of rotatable bonds is 9. The molecule has 1 unspecified atom stereocenters. The summed E-state index contributed by atoms with van der Waals surface area (Å²) in [6.07, 6.45) is 2.00. The maximum atomic E-state index is 13.2. The number of benzene rings is 2. The predicted molar refractivity (Wildman–Crippen MR) is 175 cm³/mol. The Hall–Kier alpha value is -2.84. The number of hydrogen-bond donors (Lipinski definition) is 2. The van der Waals surface area contributed by atoms with Gasteiger partial charge in [0.15, 0.2) is 0 Å². The van der Waals surface area contributed by atoms with E-state index >= 15 is 0 Å². The maximum absolute atomic E-state index is 13.2. The number of amides is 1. The van der Waals surface area contributed by atoms with Crippen LogP contribution in [0.25, 0.3) is 10.9 Å². The quantitative estimate of drug-likeness (QED) is 0.230. The van der Waals surface area contributed by atoms with Gasteiger partial charge in [-0.1, -0.05) is 44.5 Å². The van der Waals surface area contributed by atoms with Gasteiger partial charge in [0, 0.05) is 50.6 Å². The van der Waals surface area contributed by atoms with E-state index in [0.717, 1.165) is 39.9 Å². The highest BCUT2D eigenvalue weighted by Crippen LogP contribution is 2.42. The van der Waals surface area contributed by atoms with Crippen LogP contribution < -0.4 is 4.74 Å². The van der Waals surface area contributed by atoms with Crippen LogP contribution in [0.5, 0.6) is 5.75 Å². The zero-order valence-electron chi connectivity index (χ0n) is 26.5. The van der Waals surface area contributed by atoms with E-state index in [-0.39, 0.29) is 23.0 Å². The number of nitrogens with one attached hydrogen (secondary N) is 1. The minimum atomic E-state index is -0.926. The zero-order chi connectivity index (χ0) is 31.7. The van der Waals surface area contributed by atoms with Crippen molar-refractivity contribution < 1.29 is 24.2 Å². The van der Waals surface area contributed by atoms with Crippen LogP contribution >= 0.6 is 23.4 Å². The summed E-state index contributed by atoms with van der Waals surface area (Å²) in [6, 6.07) is 13.5. The monoisotopic (exact) mass is 628 g/mol. The lowest BCUT2D eigenvalue weighted by Gasteiger charge is -2.33. The third-order valence-electron chi connectivity index (χ3n) is 7.40. The van der Waals surface area contributed by atoms with Crippen LogP contribution in [0.3, 0.4) is 0 Å². The van der Waals surface area contributed by atoms with Gasteiger partial charge in [0.25, 0.3) is 0 Å². The number of carbonyl (C=O) groups is 2. The third-order valence-corrected chi connectivity index (χ3v) is 8.93. The molecule has 0 radical (unpaired) electrons. The molecule has 2 aromatic carbocycles. The Morgan fingerprint density at radius 3 is 2.35 bits per heavy atom. The minimum Gasteiger partial charge on any atom is -0.488 e. The molecule has 2 atom stereocenters. The van der Waals surface area contributed by atoms with Gasteiger partial charge in [-0.05, 0) is 83.4 Å². The highest BCUT2D eigenvalue weighted by Gasteiger charge is 2.38. The van der Waals surface area contributed by atoms with Gasteiger partial charge in [-0.15, -0.1) is 11.8 Å². The summed E-state index contributed by atoms with van der Waals surface area (Å²) in [7, 11) is 0. The Kier molecular flexibility index (Phi) is 9.72. The van der Waals surface area contributed by atoms with Crippen LogP contribution in [0.2, 0.25) is 5.02 Å². The van der Waals surface area contributed by atoms with Gasteiger partial charge in [-0.3, -0.25) is 4.79 Å². The molecule has 234 valence electrons. The number of carboxylic acids is 1. The first-order valence-electron chi connectivity index (χ1n) is 14.9. The standard InChI is InChI=1S/C34H45ClN2O5S/c1-32(2,3)42-31(40)37-17-9-10-27(37)28(18-21-11-13-22(35)14-12-21)41-23-15-16-25-24(19-23)29(43-33(4,5)6)26(36-25)20-34(7,8)30(38)39/h11-16,19,27-28,36H,9-10,17-18,20H2,1-8H3,(H,38,39)/t27-,28?/m1/s1. The molecule has 1 saturated heterocycles. The first-order valence-corrected chi connectivity index (χ1v) is 16.1. The number of carboxylic acid groups (broad SMARTS) is 1. The molecule has 1 fully saturated rings. The fourth-order valence-electron chi connectivity index (χ4n) is 5.35. The van der Waals surface area contributed by atoms with Gasteiger partial charge < -0.3 is 24.5 Å². The molecule has 1 amide bonds. The van der Waals surface area contributed by atoms with Crippen molar-refractivity contribution in [2.75, 3.05) is 6.54 Å². The van der Waals surface area contributed by atoms with E-state index in [2.05, 4.69) is 25.8 Å². The fraction of sp³-hybridized carbons (Fsp3) is 0.529. The summed E-state index contributed by atoms with van der Waals surface area (Å²) in [5.74, 6) is -0.140. The molecule has 0 aliphatic carbocycles. The number of ether oxygens (including phenoxy) is 2. The van der Waals surface area contributed by atoms with Crippen LogP contribution in [-0.4, -0.2) is 56.1 Å². The number of hydrogen-bond acceptors (Lipinski definition) is 5. The van der Waals surface area contributed by atoms with Gasteiger partial charge >= 0.3 is 12.1 Å². The van der Waals surface area contributed by atoms with E-state index in [1.54, 1.807) is 25.6 Å². The Morgan fingerprint density at radius 2 is 1.74 bits per heavy atom. The highest BCUT2D eigenvalue weighted by atomic mass is 35.5. The molecular formula is C34H45ClN2O5S. The Morgan fingerprint density at radius 1 is 1.07 bits per heavy atom. The molecule has 3 aromatic rings. The predicted octanol–water partition coefficient (Wildman–Crippen LogP) is 8.75. The number of carbonyl (C=O) groups excluding carboxylic acids is 1. The molecule has 0 saturated carbocycles. The SMILES string of the molecule is CC(C)(C)OC(=O)N1CCC[C@@H]1C(Cc1ccc(Cl)cc1)Oc1ccc2[nH]c(CC(C)(C)C(=O)O)c(SC(C)(C)C)c2c1. The van der Waals surface area contributed by atoms with Crippen LogP contribution in [0.1, 0.15) is 79.5 Å². The largest absolute Gasteiger partial charge is 0.488 e. The van der Waals surface area contributed by atoms with E-state index < -0.39 is 17.0 Å². The lowest BCUT2D eigenvalue weighted by molar-refractivity contribution is -0.146. The molecule has 1 aliphatic heterocycles. The van der Waals surface area contributed by atoms with E-state index in [1.807, 2.05) is 68.1 Å². The highest BCUT2D eigenvalue weighted by molar-refractivity contribution is 8.00. The average molecular weight is 629 g/mol. The van der Waals surface area contributed by atoms with Crippen LogP contribution in [0.4, 0.5) is 4.79 Å². The van der Waals surface area contributed by atoms with Crippen molar-refractivity contribution in [2.45, 2.75) is 108 Å². The van der Waals surface area contributed by atoms with Crippen molar-refractivity contribution in [3.8, 4) is 5.75 Å². The van der Waals surface area contributed by atoms with E-state index in [4.69, 9.17) is 21.1 Å². The second-order valence-corrected chi connectivity index (χ2v) is 16.4. The van der Waals surface area contributed by atoms with Crippen molar-refractivity contribution in [3.63, 3.8) is 0 Å². The first kappa shape index (κ1) is 33.1. The zero-order valence-corrected chi connectivity index (χ0v) is 28.1. The van der Waals surface area contributed by atoms with Gasteiger partial charge in [0.2, 0.25) is 0 Å². The molecule has 2 N–H and O–H groups in total. The van der Waals surface area contributed by atoms with Crippen LogP contribution in [0.15, 0.2) is 47.4 Å². The normalized spacial score (nSPS) is 16.9. The summed E-state index contributed by atoms with van der Waals surface area (Å²) in [4.78, 5) is 31.5. The number of halogens is 1. The number of nitrogens with zero attached hydrogens (tertiary/aromatic N) is 1. The molecule has 1 aromatic heterocycles. The number of fused-ring (bicyclic) bond motifs is 1. The van der Waals surface area contributed by atoms with Crippen molar-refractivity contribution >= 4 is 46.3 Å². The summed E-state index contributed by atoms with van der Waals surface area (Å²) in [5, 5.41) is 11.5. The summed E-state index contributed by atoms with van der Waals surface area (Å²) < 4.78 is 12.5. The van der Waals surface area contributed by atoms with E-state index in [0.29, 0.717) is 30.2 Å². The van der Waals surface area contributed by atoms with Gasteiger partial charge in [-0.2, -0.15) is 0 Å². The number of thioether (sulfide) groups is 1. The van der Waals surface area contributed by atoms with Gasteiger partial charge in [0.05, 0.1) is 11.5 Å². The average Bonchev–Trinajstić information content (AvgIpc) is 3.48. The minimum absolute atomic E-state index is 0.0943. The summed E-state index contributed by atoms with van der Waals surface area (Å²) >= 11 is 7.89. The Balaban J connectivity index is 1.72. The molecule has 0 spiro atoms. The summed E-state index contributed by atoms with van der Waals surface area (Å²) in [5.41, 5.74) is 1.38. The van der Waals surface area contributed by atoms with E-state index in [9.17, 15) is 14.7 Å². The van der Waals surface area contributed by atoms with Crippen molar-refractivity contribution in [1.82, 2.24) is 9.88 Å². The van der Waals surface area contributed by atoms with Crippen LogP contribution in [-0.2, 0) is 22.4 Å². The molecule has 43 heavy (non-hydrogen) atoms. The number of likely N-dealkylation sites (tertiary alicyclic amines) is 1. The van der Waals surface area contributed by atoms with Gasteiger partial charge in [-0.25, -0.2) is 4.79 Å². The maximum Gasteiger partial charge on any atom is 0.410 e. The molecule has 9 heteroatoms. The number of H-pyrrole nitrogens is 1. The number of aliphatic carboxylic acids is 1. The Bertz CT molecular complexity index is 1450. The third kappa shape index (κ3) is 8.63. The molecule has 2 heterocycles. The number of aromatic amines is 1. The molecule has 4 rings (SSSR count). The molecule has 0 bridgehead atoms. The second kappa shape index (κ2) is 12.6. The topological polar surface area (TPSA) is 91.9 Å². The lowest BCUT2D eigenvalue weighted by atomic mass is 9.88. The lowest BCUT2D eigenvalue weighted by Crippen LogP contribution is -2.47. The smallest absolute Gasteiger partial charge is 0.410 e. The number of aromatic nitrogens is 1. The van der Waals surface area contributed by atoms with Crippen molar-refractivity contribution in [1.29, 1.82) is 0 Å². The first-order chi connectivity index (χ1) is 19.9. The van der Waals surface area contributed by atoms with Crippen LogP contribution in [0, 0.1) is 5.41 Å². The van der Waals surface area contributed by atoms with Gasteiger partial charge in [0.1, 0.15) is 17.5 Å². The molecule has 1 aliphatic rings. The summed E-state index contributed by atoms with van der Waals surface area (Å²) in [6.45, 7) is 16.2. The molecule has 7 nitrogen and oxygen atoms in total. The Labute approximate surface area is 264 Å². The van der Waals surface area contributed by atoms with Crippen molar-refractivity contribution in [2.24, 2.45) is 5.41 Å². The van der Waals surface area contributed by atoms with E-state index in [1.165, 1.54) is 0 Å². The fourth-order valence-corrected chi connectivity index (χ4v) is 6.61.